The molecule has 1 fully saturated rings. The Bertz CT molecular complexity index is 543. The number of hydrogen-bond donors (Lipinski definition) is 2. The van der Waals surface area contributed by atoms with E-state index in [2.05, 4.69) is 4.72 Å². The molecular formula is C11H13Cl2NO3S. The van der Waals surface area contributed by atoms with Crippen molar-refractivity contribution >= 4 is 33.2 Å². The molecule has 0 radical (unpaired) electrons. The van der Waals surface area contributed by atoms with Gasteiger partial charge >= 0.3 is 0 Å². The highest BCUT2D eigenvalue weighted by Crippen LogP contribution is 2.32. The molecule has 0 bridgehead atoms. The SMILES string of the molecule is O=S(=O)(NCC(O)C1CC1)c1ccc(Cl)c(Cl)c1. The van der Waals surface area contributed by atoms with E-state index in [1.54, 1.807) is 0 Å². The van der Waals surface area contributed by atoms with E-state index in [0.717, 1.165) is 12.8 Å². The first-order valence-corrected chi connectivity index (χ1v) is 7.77. The Kier molecular flexibility index (Phi) is 4.18. The van der Waals surface area contributed by atoms with Crippen LogP contribution in [0.15, 0.2) is 23.1 Å². The topological polar surface area (TPSA) is 66.4 Å². The lowest BCUT2D eigenvalue weighted by molar-refractivity contribution is 0.155. The van der Waals surface area contributed by atoms with Gasteiger partial charge in [0.2, 0.25) is 10.0 Å². The van der Waals surface area contributed by atoms with Gasteiger partial charge in [0.25, 0.3) is 0 Å². The van der Waals surface area contributed by atoms with Crippen LogP contribution < -0.4 is 4.72 Å². The number of rotatable bonds is 5. The average molecular weight is 310 g/mol. The molecule has 1 saturated carbocycles. The smallest absolute Gasteiger partial charge is 0.240 e. The number of benzene rings is 1. The number of nitrogens with one attached hydrogen (secondary N) is 1. The second kappa shape index (κ2) is 5.35. The Balaban J connectivity index is 2.07. The molecule has 1 atom stereocenters. The van der Waals surface area contributed by atoms with E-state index in [1.165, 1.54) is 18.2 Å². The number of hydrogen-bond acceptors (Lipinski definition) is 3. The fourth-order valence-electron chi connectivity index (χ4n) is 1.57. The third-order valence-corrected chi connectivity index (χ3v) is 5.01. The largest absolute Gasteiger partial charge is 0.391 e. The number of sulfonamides is 1. The number of halogens is 2. The van der Waals surface area contributed by atoms with Crippen LogP contribution in [0.25, 0.3) is 0 Å². The number of aliphatic hydroxyl groups is 1. The van der Waals surface area contributed by atoms with Gasteiger partial charge in [-0.15, -0.1) is 0 Å². The van der Waals surface area contributed by atoms with Gasteiger partial charge in [0, 0.05) is 6.54 Å². The minimum atomic E-state index is -3.65. The molecule has 0 aromatic heterocycles. The van der Waals surface area contributed by atoms with Gasteiger partial charge in [0.05, 0.1) is 21.0 Å². The molecular weight excluding hydrogens is 297 g/mol. The van der Waals surface area contributed by atoms with Crippen LogP contribution in [0.4, 0.5) is 0 Å². The van der Waals surface area contributed by atoms with Crippen molar-refractivity contribution in [2.45, 2.75) is 23.8 Å². The van der Waals surface area contributed by atoms with E-state index >= 15 is 0 Å². The second-order valence-corrected chi connectivity index (χ2v) is 6.91. The highest BCUT2D eigenvalue weighted by atomic mass is 35.5. The van der Waals surface area contributed by atoms with E-state index in [1.807, 2.05) is 0 Å². The fourth-order valence-corrected chi connectivity index (χ4v) is 3.01. The van der Waals surface area contributed by atoms with Crippen LogP contribution in [-0.4, -0.2) is 26.2 Å². The average Bonchev–Trinajstić information content (AvgIpc) is 3.13. The maximum Gasteiger partial charge on any atom is 0.240 e. The first kappa shape index (κ1) is 14.1. The van der Waals surface area contributed by atoms with Gasteiger partial charge in [-0.1, -0.05) is 23.2 Å². The van der Waals surface area contributed by atoms with Gasteiger partial charge in [-0.2, -0.15) is 0 Å². The normalized spacial score (nSPS) is 17.7. The van der Waals surface area contributed by atoms with Crippen molar-refractivity contribution in [1.82, 2.24) is 4.72 Å². The summed E-state index contributed by atoms with van der Waals surface area (Å²) in [5, 5.41) is 10.1. The predicted molar refractivity (Wildman–Crippen MR) is 70.4 cm³/mol. The molecule has 0 spiro atoms. The zero-order valence-corrected chi connectivity index (χ0v) is 11.8. The van der Waals surface area contributed by atoms with Crippen LogP contribution in [-0.2, 0) is 10.0 Å². The first-order valence-electron chi connectivity index (χ1n) is 5.53. The van der Waals surface area contributed by atoms with E-state index in [4.69, 9.17) is 23.2 Å². The summed E-state index contributed by atoms with van der Waals surface area (Å²) in [5.41, 5.74) is 0. The molecule has 4 nitrogen and oxygen atoms in total. The summed E-state index contributed by atoms with van der Waals surface area (Å²) in [4.78, 5) is 0.0416. The molecule has 2 rings (SSSR count). The maximum absolute atomic E-state index is 11.9. The van der Waals surface area contributed by atoms with E-state index in [-0.39, 0.29) is 22.4 Å². The highest BCUT2D eigenvalue weighted by molar-refractivity contribution is 7.89. The van der Waals surface area contributed by atoms with E-state index < -0.39 is 16.1 Å². The van der Waals surface area contributed by atoms with Crippen molar-refractivity contribution < 1.29 is 13.5 Å². The maximum atomic E-state index is 11.9. The van der Waals surface area contributed by atoms with Crippen molar-refractivity contribution in [3.63, 3.8) is 0 Å². The van der Waals surface area contributed by atoms with Gasteiger partial charge in [0.1, 0.15) is 0 Å². The lowest BCUT2D eigenvalue weighted by Crippen LogP contribution is -2.33. The lowest BCUT2D eigenvalue weighted by atomic mass is 10.2. The van der Waals surface area contributed by atoms with Gasteiger partial charge in [-0.25, -0.2) is 13.1 Å². The van der Waals surface area contributed by atoms with E-state index in [0.29, 0.717) is 5.02 Å². The first-order chi connectivity index (χ1) is 8.40. The molecule has 1 aliphatic carbocycles. The van der Waals surface area contributed by atoms with Gasteiger partial charge in [0.15, 0.2) is 0 Å². The summed E-state index contributed by atoms with van der Waals surface area (Å²) in [7, 11) is -3.65. The molecule has 2 N–H and O–H groups in total. The van der Waals surface area contributed by atoms with Crippen LogP contribution >= 0.6 is 23.2 Å². The zero-order valence-electron chi connectivity index (χ0n) is 9.44. The molecule has 100 valence electrons. The molecule has 1 aromatic carbocycles. The van der Waals surface area contributed by atoms with Crippen molar-refractivity contribution in [1.29, 1.82) is 0 Å². The standard InChI is InChI=1S/C11H13Cl2NO3S/c12-9-4-3-8(5-10(9)13)18(16,17)14-6-11(15)7-1-2-7/h3-5,7,11,14-15H,1-2,6H2. The van der Waals surface area contributed by atoms with Gasteiger partial charge in [-0.3, -0.25) is 0 Å². The summed E-state index contributed by atoms with van der Waals surface area (Å²) < 4.78 is 26.2. The summed E-state index contributed by atoms with van der Waals surface area (Å²) in [6.07, 6.45) is 1.29. The molecule has 0 saturated heterocycles. The van der Waals surface area contributed by atoms with Gasteiger partial charge in [-0.05, 0) is 37.0 Å². The molecule has 0 aliphatic heterocycles. The number of aliphatic hydroxyl groups excluding tert-OH is 1. The molecule has 0 amide bonds. The van der Waals surface area contributed by atoms with E-state index in [9.17, 15) is 13.5 Å². The van der Waals surface area contributed by atoms with Crippen LogP contribution in [0.3, 0.4) is 0 Å². The van der Waals surface area contributed by atoms with Crippen molar-refractivity contribution in [3.05, 3.63) is 28.2 Å². The van der Waals surface area contributed by atoms with Gasteiger partial charge < -0.3 is 5.11 Å². The Morgan fingerprint density at radius 2 is 2.00 bits per heavy atom. The molecule has 18 heavy (non-hydrogen) atoms. The Morgan fingerprint density at radius 1 is 1.33 bits per heavy atom. The molecule has 1 unspecified atom stereocenters. The van der Waals surface area contributed by atoms with Crippen LogP contribution in [0.5, 0.6) is 0 Å². The minimum Gasteiger partial charge on any atom is -0.391 e. The monoisotopic (exact) mass is 309 g/mol. The Morgan fingerprint density at radius 3 is 2.56 bits per heavy atom. The lowest BCUT2D eigenvalue weighted by Gasteiger charge is -2.11. The summed E-state index contributed by atoms with van der Waals surface area (Å²) in [6.45, 7) is 0.0211. The van der Waals surface area contributed by atoms with Crippen LogP contribution in [0, 0.1) is 5.92 Å². The zero-order chi connectivity index (χ0) is 13.3. The third-order valence-electron chi connectivity index (χ3n) is 2.85. The van der Waals surface area contributed by atoms with Crippen LogP contribution in [0.2, 0.25) is 10.0 Å². The van der Waals surface area contributed by atoms with Crippen LogP contribution in [0.1, 0.15) is 12.8 Å². The Hall–Kier alpha value is -0.330. The third kappa shape index (κ3) is 3.36. The second-order valence-electron chi connectivity index (χ2n) is 4.33. The fraction of sp³-hybridized carbons (Fsp3) is 0.455. The molecule has 0 heterocycles. The highest BCUT2D eigenvalue weighted by Gasteiger charge is 2.30. The molecule has 1 aliphatic rings. The summed E-state index contributed by atoms with van der Waals surface area (Å²) >= 11 is 11.5. The van der Waals surface area contributed by atoms with Crippen molar-refractivity contribution in [3.8, 4) is 0 Å². The summed E-state index contributed by atoms with van der Waals surface area (Å²) in [6, 6.07) is 4.09. The van der Waals surface area contributed by atoms with Crippen molar-refractivity contribution in [2.24, 2.45) is 5.92 Å². The van der Waals surface area contributed by atoms with Crippen molar-refractivity contribution in [2.75, 3.05) is 6.54 Å². The Labute approximate surface area is 116 Å². The quantitative estimate of drug-likeness (QED) is 0.874. The minimum absolute atomic E-state index is 0.0211. The summed E-state index contributed by atoms with van der Waals surface area (Å²) in [5.74, 6) is 0.224. The predicted octanol–water partition coefficient (Wildman–Crippen LogP) is 2.04. The molecule has 7 heteroatoms. The molecule has 1 aromatic rings.